The quantitative estimate of drug-likeness (QED) is 0.200. The van der Waals surface area contributed by atoms with E-state index < -0.39 is 41.3 Å². The number of methoxy groups -OCH3 is 1. The first-order chi connectivity index (χ1) is 27.1. The second-order valence-corrected chi connectivity index (χ2v) is 16.5. The van der Waals surface area contributed by atoms with Gasteiger partial charge in [-0.05, 0) is 90.3 Å². The Morgan fingerprint density at radius 1 is 1.14 bits per heavy atom. The van der Waals surface area contributed by atoms with Crippen LogP contribution in [0.5, 0.6) is 5.75 Å². The van der Waals surface area contributed by atoms with E-state index in [4.69, 9.17) is 9.47 Å². The fourth-order valence-corrected chi connectivity index (χ4v) is 8.31. The monoisotopic (exact) mass is 780 g/mol. The van der Waals surface area contributed by atoms with Gasteiger partial charge in [0.05, 0.1) is 18.9 Å². The SMILES string of the molecule is CCn1c(-c2cnccc2COC)c2c3cc(ccc31)-c1cc(O)cc(c1)C[C@H](NC(=O)C(C(C)C)N(C)C(C)=O)C(=O)N1CCC[C@H](N1)C(=O)OCC(C)(C)C2. The highest BCUT2D eigenvalue weighted by Gasteiger charge is 2.37. The van der Waals surface area contributed by atoms with Crippen LogP contribution in [-0.2, 0) is 54.6 Å². The molecule has 3 amide bonds. The molecule has 1 saturated heterocycles. The minimum absolute atomic E-state index is 0.0116. The Labute approximate surface area is 334 Å². The summed E-state index contributed by atoms with van der Waals surface area (Å²) >= 11 is 0. The van der Waals surface area contributed by atoms with Crippen molar-refractivity contribution in [2.45, 2.75) is 98.5 Å². The number of carbonyl (C=O) groups is 4. The second-order valence-electron chi connectivity index (χ2n) is 16.5. The molecule has 0 aliphatic carbocycles. The third-order valence-electron chi connectivity index (χ3n) is 11.1. The van der Waals surface area contributed by atoms with E-state index in [1.165, 1.54) is 16.8 Å². The van der Waals surface area contributed by atoms with Crippen LogP contribution in [0.25, 0.3) is 33.3 Å². The topological polar surface area (TPSA) is 155 Å². The number of hydrogen-bond donors (Lipinski definition) is 3. The third kappa shape index (κ3) is 8.84. The van der Waals surface area contributed by atoms with Gasteiger partial charge in [-0.1, -0.05) is 39.8 Å². The van der Waals surface area contributed by atoms with E-state index in [1.807, 2.05) is 38.2 Å². The van der Waals surface area contributed by atoms with Crippen molar-refractivity contribution in [1.29, 1.82) is 0 Å². The number of phenols is 1. The van der Waals surface area contributed by atoms with Crippen LogP contribution >= 0.6 is 0 Å². The van der Waals surface area contributed by atoms with Gasteiger partial charge in [0.15, 0.2) is 0 Å². The minimum Gasteiger partial charge on any atom is -0.508 e. The highest BCUT2D eigenvalue weighted by molar-refractivity contribution is 5.96. The summed E-state index contributed by atoms with van der Waals surface area (Å²) in [4.78, 5) is 60.4. The van der Waals surface area contributed by atoms with E-state index in [-0.39, 0.29) is 30.6 Å². The van der Waals surface area contributed by atoms with E-state index in [0.29, 0.717) is 44.5 Å². The molecular formula is C44H56N6O7. The number of amides is 3. The zero-order chi connectivity index (χ0) is 41.2. The molecule has 13 nitrogen and oxygen atoms in total. The lowest BCUT2D eigenvalue weighted by Crippen LogP contribution is -2.62. The maximum absolute atomic E-state index is 14.4. The van der Waals surface area contributed by atoms with Crippen molar-refractivity contribution in [3.05, 3.63) is 71.5 Å². The molecule has 0 saturated carbocycles. The van der Waals surface area contributed by atoms with Gasteiger partial charge in [0, 0.05) is 74.9 Å². The normalized spacial score (nSPS) is 19.2. The summed E-state index contributed by atoms with van der Waals surface area (Å²) in [6, 6.07) is 10.7. The molecule has 6 bridgehead atoms. The molecule has 1 fully saturated rings. The molecule has 2 aromatic carbocycles. The van der Waals surface area contributed by atoms with Gasteiger partial charge in [-0.15, -0.1) is 0 Å². The van der Waals surface area contributed by atoms with Crippen LogP contribution in [0.1, 0.15) is 71.1 Å². The number of benzene rings is 2. The van der Waals surface area contributed by atoms with Gasteiger partial charge in [0.25, 0.3) is 5.91 Å². The minimum atomic E-state index is -1.09. The number of esters is 1. The molecule has 0 spiro atoms. The lowest BCUT2D eigenvalue weighted by atomic mass is 9.84. The maximum Gasteiger partial charge on any atom is 0.324 e. The van der Waals surface area contributed by atoms with E-state index >= 15 is 0 Å². The number of rotatable bonds is 8. The molecule has 6 rings (SSSR count). The summed E-state index contributed by atoms with van der Waals surface area (Å²) in [5, 5.41) is 16.5. The molecule has 1 unspecified atom stereocenters. The first-order valence-electron chi connectivity index (χ1n) is 19.8. The number of pyridine rings is 1. The Balaban J connectivity index is 1.52. The van der Waals surface area contributed by atoms with Gasteiger partial charge in [0.2, 0.25) is 11.8 Å². The molecule has 4 heterocycles. The predicted octanol–water partition coefficient (Wildman–Crippen LogP) is 5.39. The van der Waals surface area contributed by atoms with Crippen LogP contribution in [0.15, 0.2) is 54.9 Å². The number of hydrogen-bond acceptors (Lipinski definition) is 9. The first-order valence-corrected chi connectivity index (χ1v) is 19.8. The molecule has 57 heavy (non-hydrogen) atoms. The third-order valence-corrected chi connectivity index (χ3v) is 11.1. The molecule has 13 heteroatoms. The summed E-state index contributed by atoms with van der Waals surface area (Å²) < 4.78 is 13.9. The summed E-state index contributed by atoms with van der Waals surface area (Å²) in [7, 11) is 3.24. The van der Waals surface area contributed by atoms with Crippen molar-refractivity contribution in [2.24, 2.45) is 11.3 Å². The number of aryl methyl sites for hydroxylation is 1. The van der Waals surface area contributed by atoms with Gasteiger partial charge >= 0.3 is 5.97 Å². The van der Waals surface area contributed by atoms with E-state index in [2.05, 4.69) is 53.2 Å². The molecule has 3 atom stereocenters. The number of cyclic esters (lactones) is 1. The highest BCUT2D eigenvalue weighted by atomic mass is 16.5. The van der Waals surface area contributed by atoms with Crippen LogP contribution in [0.3, 0.4) is 0 Å². The van der Waals surface area contributed by atoms with Crippen molar-refractivity contribution in [1.82, 2.24) is 30.2 Å². The molecule has 304 valence electrons. The average molecular weight is 781 g/mol. The Kier molecular flexibility index (Phi) is 12.4. The van der Waals surface area contributed by atoms with Crippen molar-refractivity contribution < 1.29 is 33.8 Å². The maximum atomic E-state index is 14.4. The number of hydrazine groups is 1. The fraction of sp³-hybridized carbons (Fsp3) is 0.477. The standard InChI is InChI=1S/C44H56N6O7/c1-9-49-38-13-12-29-21-33(38)34(40(49)35-23-45-15-14-30(35)24-56-8)22-44(5,6)25-57-43(55)36-11-10-16-50(47-36)42(54)37(19-28-17-31(29)20-32(52)18-28)46-41(53)39(26(2)3)48(7)27(4)51/h12-15,17-18,20-21,23,26,36-37,39,47,52H,9-11,16,19,22,24-25H2,1-8H3,(H,46,53)/t36-,37-,39?/m0/s1. The second kappa shape index (κ2) is 17.1. The molecule has 2 aromatic heterocycles. The van der Waals surface area contributed by atoms with Crippen molar-refractivity contribution in [2.75, 3.05) is 27.3 Å². The summed E-state index contributed by atoms with van der Waals surface area (Å²) in [5.41, 5.74) is 9.88. The van der Waals surface area contributed by atoms with Crippen LogP contribution < -0.4 is 10.7 Å². The van der Waals surface area contributed by atoms with Gasteiger partial charge in [-0.2, -0.15) is 0 Å². The van der Waals surface area contributed by atoms with Crippen molar-refractivity contribution in [3.8, 4) is 28.1 Å². The zero-order valence-corrected chi connectivity index (χ0v) is 34.3. The number of nitrogens with one attached hydrogen (secondary N) is 2. The number of carbonyl (C=O) groups excluding carboxylic acids is 4. The van der Waals surface area contributed by atoms with E-state index in [9.17, 15) is 24.3 Å². The van der Waals surface area contributed by atoms with Gasteiger partial charge in [0.1, 0.15) is 23.9 Å². The highest BCUT2D eigenvalue weighted by Crippen LogP contribution is 2.41. The average Bonchev–Trinajstić information content (AvgIpc) is 3.47. The largest absolute Gasteiger partial charge is 0.508 e. The van der Waals surface area contributed by atoms with Crippen molar-refractivity contribution >= 4 is 34.6 Å². The Bertz CT molecular complexity index is 2160. The number of ether oxygens (including phenoxy) is 2. The first kappa shape index (κ1) is 41.4. The van der Waals surface area contributed by atoms with E-state index in [1.54, 1.807) is 32.5 Å². The fourth-order valence-electron chi connectivity index (χ4n) is 8.31. The van der Waals surface area contributed by atoms with Crippen LogP contribution in [0.2, 0.25) is 0 Å². The van der Waals surface area contributed by atoms with Crippen LogP contribution in [0, 0.1) is 11.3 Å². The lowest BCUT2D eigenvalue weighted by molar-refractivity contribution is -0.155. The predicted molar refractivity (Wildman–Crippen MR) is 218 cm³/mol. The molecule has 4 aromatic rings. The zero-order valence-electron chi connectivity index (χ0n) is 34.3. The number of nitrogens with zero attached hydrogens (tertiary/aromatic N) is 4. The van der Waals surface area contributed by atoms with Crippen molar-refractivity contribution in [3.63, 3.8) is 0 Å². The van der Waals surface area contributed by atoms with Gasteiger partial charge in [-0.25, -0.2) is 5.43 Å². The molecular weight excluding hydrogens is 725 g/mol. The van der Waals surface area contributed by atoms with Crippen LogP contribution in [-0.4, -0.2) is 93.7 Å². The Morgan fingerprint density at radius 2 is 1.91 bits per heavy atom. The van der Waals surface area contributed by atoms with Crippen LogP contribution in [0.4, 0.5) is 0 Å². The molecule has 2 aliphatic rings. The number of fused-ring (bicyclic) bond motifs is 6. The summed E-state index contributed by atoms with van der Waals surface area (Å²) in [6.45, 7) is 12.9. The number of aromatic hydroxyl groups is 1. The Morgan fingerprint density at radius 3 is 2.61 bits per heavy atom. The summed E-state index contributed by atoms with van der Waals surface area (Å²) in [5.74, 6) is -1.89. The molecule has 0 radical (unpaired) electrons. The number of likely N-dealkylation sites (N-methyl/N-ethyl adjacent to an activating group) is 1. The summed E-state index contributed by atoms with van der Waals surface area (Å²) in [6.07, 6.45) is 5.25. The Hall–Kier alpha value is -5.27. The molecule has 2 aliphatic heterocycles. The van der Waals surface area contributed by atoms with Gasteiger partial charge < -0.3 is 29.4 Å². The number of aromatic nitrogens is 2. The number of phenolic OH excluding ortho intramolecular Hbond substituents is 1. The van der Waals surface area contributed by atoms with E-state index in [0.717, 1.165) is 44.4 Å². The smallest absolute Gasteiger partial charge is 0.324 e. The van der Waals surface area contributed by atoms with Gasteiger partial charge in [-0.3, -0.25) is 29.2 Å². The lowest BCUT2D eigenvalue weighted by Gasteiger charge is -2.36. The molecule has 3 N–H and O–H groups in total.